The van der Waals surface area contributed by atoms with Gasteiger partial charge in [0.05, 0.1) is 6.61 Å². The van der Waals surface area contributed by atoms with Gasteiger partial charge in [-0.2, -0.15) is 0 Å². The van der Waals surface area contributed by atoms with Crippen LogP contribution < -0.4 is 15.2 Å². The van der Waals surface area contributed by atoms with Gasteiger partial charge < -0.3 is 25.1 Å². The van der Waals surface area contributed by atoms with E-state index in [-0.39, 0.29) is 49.3 Å². The first-order chi connectivity index (χ1) is 18.2. The summed E-state index contributed by atoms with van der Waals surface area (Å²) in [6, 6.07) is 3.25. The van der Waals surface area contributed by atoms with Crippen molar-refractivity contribution in [1.82, 2.24) is 0 Å². The van der Waals surface area contributed by atoms with Crippen LogP contribution in [0.15, 0.2) is 18.2 Å². The number of carbonyl (C=O) groups excluding carboxylic acids is 3. The second-order valence-electron chi connectivity index (χ2n) is 11.3. The molecule has 0 aliphatic carbocycles. The molecule has 0 radical (unpaired) electrons. The number of hydrogen-bond acceptors (Lipinski definition) is 8. The molecule has 3 unspecified atom stereocenters. The maximum Gasteiger partial charge on any atom is 0.321 e. The van der Waals surface area contributed by atoms with Gasteiger partial charge in [-0.25, -0.2) is 0 Å². The molecular formula is C30H47NO8. The van der Waals surface area contributed by atoms with Crippen molar-refractivity contribution in [3.05, 3.63) is 23.8 Å². The summed E-state index contributed by atoms with van der Waals surface area (Å²) in [5, 5.41) is 9.72. The van der Waals surface area contributed by atoms with Gasteiger partial charge in [0, 0.05) is 25.2 Å². The van der Waals surface area contributed by atoms with Crippen LogP contribution in [0.4, 0.5) is 0 Å². The van der Waals surface area contributed by atoms with E-state index in [1.807, 2.05) is 41.5 Å². The van der Waals surface area contributed by atoms with Crippen LogP contribution in [0, 0.1) is 23.7 Å². The molecule has 1 aromatic carbocycles. The highest BCUT2D eigenvalue weighted by Crippen LogP contribution is 2.36. The number of hydrogen-bond donors (Lipinski definition) is 2. The summed E-state index contributed by atoms with van der Waals surface area (Å²) in [6.45, 7) is 13.6. The molecular weight excluding hydrogens is 502 g/mol. The second-order valence-corrected chi connectivity index (χ2v) is 11.3. The fourth-order valence-corrected chi connectivity index (χ4v) is 3.92. The van der Waals surface area contributed by atoms with Gasteiger partial charge in [0.1, 0.15) is 6.04 Å². The monoisotopic (exact) mass is 549 g/mol. The van der Waals surface area contributed by atoms with Gasteiger partial charge in [-0.3, -0.25) is 19.2 Å². The number of nitrogens with two attached hydrogens (primary N) is 1. The zero-order chi connectivity index (χ0) is 29.7. The van der Waals surface area contributed by atoms with Crippen molar-refractivity contribution < 1.29 is 38.5 Å². The predicted molar refractivity (Wildman–Crippen MR) is 148 cm³/mol. The highest BCUT2D eigenvalue weighted by Gasteiger charge is 2.33. The van der Waals surface area contributed by atoms with Crippen molar-refractivity contribution in [2.75, 3.05) is 6.61 Å². The van der Waals surface area contributed by atoms with Crippen LogP contribution in [-0.4, -0.2) is 41.6 Å². The van der Waals surface area contributed by atoms with Gasteiger partial charge in [0.2, 0.25) is 0 Å². The Balaban J connectivity index is 3.30. The summed E-state index contributed by atoms with van der Waals surface area (Å²) >= 11 is 0. The lowest BCUT2D eigenvalue weighted by Crippen LogP contribution is -2.40. The largest absolute Gasteiger partial charge is 0.480 e. The molecule has 0 aliphatic rings. The van der Waals surface area contributed by atoms with Gasteiger partial charge in [0.25, 0.3) is 0 Å². The molecule has 0 saturated heterocycles. The Kier molecular flexibility index (Phi) is 14.8. The van der Waals surface area contributed by atoms with Crippen molar-refractivity contribution in [3.8, 4) is 11.5 Å². The predicted octanol–water partition coefficient (Wildman–Crippen LogP) is 5.48. The first kappa shape index (κ1) is 34.1. The molecule has 0 amide bonds. The van der Waals surface area contributed by atoms with Crippen LogP contribution in [0.1, 0.15) is 98.5 Å². The van der Waals surface area contributed by atoms with Crippen molar-refractivity contribution in [2.24, 2.45) is 29.4 Å². The van der Waals surface area contributed by atoms with E-state index in [0.717, 1.165) is 6.42 Å². The zero-order valence-corrected chi connectivity index (χ0v) is 24.5. The molecule has 0 spiro atoms. The number of carbonyl (C=O) groups is 4. The lowest BCUT2D eigenvalue weighted by Gasteiger charge is -2.28. The van der Waals surface area contributed by atoms with Crippen LogP contribution in [0.2, 0.25) is 0 Å². The molecule has 0 aliphatic heterocycles. The Bertz CT molecular complexity index is 958. The van der Waals surface area contributed by atoms with E-state index in [0.29, 0.717) is 30.2 Å². The van der Waals surface area contributed by atoms with E-state index in [9.17, 15) is 24.3 Å². The molecule has 9 nitrogen and oxygen atoms in total. The molecule has 4 atom stereocenters. The first-order valence-corrected chi connectivity index (χ1v) is 13.9. The van der Waals surface area contributed by atoms with Gasteiger partial charge in [-0.15, -0.1) is 0 Å². The molecule has 0 bridgehead atoms. The van der Waals surface area contributed by atoms with Crippen LogP contribution in [-0.2, 0) is 23.9 Å². The fourth-order valence-electron chi connectivity index (χ4n) is 3.92. The Hall–Kier alpha value is -2.94. The summed E-state index contributed by atoms with van der Waals surface area (Å²) in [5.41, 5.74) is 6.55. The maximum absolute atomic E-state index is 12.6. The van der Waals surface area contributed by atoms with Crippen LogP contribution >= 0.6 is 0 Å². The lowest BCUT2D eigenvalue weighted by atomic mass is 9.82. The SMILES string of the molecule is CCC(C)CC(=O)OCC(C)C(c1ccc(OC(=O)CCC(C)C)c(OC(=O)CCC(C)C)c1)[C@H](N)C(=O)O. The van der Waals surface area contributed by atoms with E-state index in [1.165, 1.54) is 12.1 Å². The highest BCUT2D eigenvalue weighted by molar-refractivity contribution is 5.77. The van der Waals surface area contributed by atoms with Crippen molar-refractivity contribution in [3.63, 3.8) is 0 Å². The second kappa shape index (κ2) is 16.9. The third kappa shape index (κ3) is 12.6. The van der Waals surface area contributed by atoms with E-state index < -0.39 is 35.8 Å². The average molecular weight is 550 g/mol. The van der Waals surface area contributed by atoms with Crippen LogP contribution in [0.5, 0.6) is 11.5 Å². The van der Waals surface area contributed by atoms with Gasteiger partial charge in [-0.05, 0) is 54.2 Å². The summed E-state index contributed by atoms with van der Waals surface area (Å²) < 4.78 is 16.6. The van der Waals surface area contributed by atoms with Crippen LogP contribution in [0.25, 0.3) is 0 Å². The van der Waals surface area contributed by atoms with Gasteiger partial charge in [0.15, 0.2) is 11.5 Å². The summed E-state index contributed by atoms with van der Waals surface area (Å²) in [4.78, 5) is 49.1. The molecule has 9 heteroatoms. The van der Waals surface area contributed by atoms with Crippen molar-refractivity contribution >= 4 is 23.9 Å². The molecule has 0 heterocycles. The lowest BCUT2D eigenvalue weighted by molar-refractivity contribution is -0.146. The Morgan fingerprint density at radius 2 is 1.38 bits per heavy atom. The van der Waals surface area contributed by atoms with Crippen molar-refractivity contribution in [2.45, 2.75) is 99.0 Å². The van der Waals surface area contributed by atoms with Crippen molar-refractivity contribution in [1.29, 1.82) is 0 Å². The normalized spacial score (nSPS) is 14.4. The Morgan fingerprint density at radius 1 is 0.846 bits per heavy atom. The zero-order valence-electron chi connectivity index (χ0n) is 24.5. The van der Waals surface area contributed by atoms with Gasteiger partial charge >= 0.3 is 23.9 Å². The molecule has 0 aromatic heterocycles. The third-order valence-electron chi connectivity index (χ3n) is 6.66. The molecule has 3 N–H and O–H groups in total. The summed E-state index contributed by atoms with van der Waals surface area (Å²) in [5.74, 6) is -2.93. The fraction of sp³-hybridized carbons (Fsp3) is 0.667. The topological polar surface area (TPSA) is 142 Å². The molecule has 39 heavy (non-hydrogen) atoms. The summed E-state index contributed by atoms with van der Waals surface area (Å²) in [7, 11) is 0. The average Bonchev–Trinajstić information content (AvgIpc) is 2.86. The number of carboxylic acid groups (broad SMARTS) is 1. The molecule has 0 saturated carbocycles. The molecule has 1 aromatic rings. The standard InChI is InChI=1S/C30H47NO8/c1-8-20(6)15-27(34)37-17-21(7)28(29(31)30(35)36)22-11-12-23(38-25(32)13-9-18(2)3)24(16-22)39-26(33)14-10-19(4)5/h11-12,16,18-21,28-29H,8-10,13-15,17,31H2,1-7H3,(H,35,36)/t20?,21?,28?,29-/m0/s1. The molecule has 220 valence electrons. The quantitative estimate of drug-likeness (QED) is 0.191. The number of esters is 3. The van der Waals surface area contributed by atoms with E-state index in [2.05, 4.69) is 0 Å². The number of carboxylic acids is 1. The minimum atomic E-state index is -1.32. The summed E-state index contributed by atoms with van der Waals surface area (Å²) in [6.07, 6.45) is 2.74. The van der Waals surface area contributed by atoms with Gasteiger partial charge in [-0.1, -0.05) is 61.0 Å². The number of rotatable bonds is 17. The maximum atomic E-state index is 12.6. The number of benzene rings is 1. The number of ether oxygens (including phenoxy) is 3. The molecule has 0 fully saturated rings. The third-order valence-corrected chi connectivity index (χ3v) is 6.66. The highest BCUT2D eigenvalue weighted by atomic mass is 16.6. The Morgan fingerprint density at radius 3 is 1.87 bits per heavy atom. The first-order valence-electron chi connectivity index (χ1n) is 13.9. The van der Waals surface area contributed by atoms with E-state index in [1.54, 1.807) is 13.0 Å². The van der Waals surface area contributed by atoms with E-state index >= 15 is 0 Å². The molecule has 1 rings (SSSR count). The van der Waals surface area contributed by atoms with E-state index in [4.69, 9.17) is 19.9 Å². The Labute approximate surface area is 232 Å². The minimum absolute atomic E-state index is 0.0164. The minimum Gasteiger partial charge on any atom is -0.480 e. The smallest absolute Gasteiger partial charge is 0.321 e. The number of aliphatic carboxylic acids is 1. The van der Waals surface area contributed by atoms with Crippen LogP contribution in [0.3, 0.4) is 0 Å².